The van der Waals surface area contributed by atoms with Gasteiger partial charge >= 0.3 is 5.97 Å². The van der Waals surface area contributed by atoms with Gasteiger partial charge in [-0.25, -0.2) is 4.79 Å². The molecule has 0 aliphatic heterocycles. The molecule has 2 rings (SSSR count). The summed E-state index contributed by atoms with van der Waals surface area (Å²) in [6, 6.07) is 8.88. The van der Waals surface area contributed by atoms with Crippen LogP contribution in [-0.2, 0) is 0 Å². The smallest absolute Gasteiger partial charge is 0.346 e. The van der Waals surface area contributed by atoms with Crippen molar-refractivity contribution in [3.63, 3.8) is 0 Å². The first-order valence-electron chi connectivity index (χ1n) is 5.22. The van der Waals surface area contributed by atoms with Gasteiger partial charge in [-0.2, -0.15) is 5.26 Å². The number of hydrogen-bond donors (Lipinski definition) is 1. The number of carboxylic acid groups (broad SMARTS) is 1. The largest absolute Gasteiger partial charge is 0.477 e. The van der Waals surface area contributed by atoms with Gasteiger partial charge in [0, 0.05) is 16.3 Å². The molecule has 0 unspecified atom stereocenters. The third-order valence-corrected chi connectivity index (χ3v) is 4.01. The van der Waals surface area contributed by atoms with E-state index in [9.17, 15) is 4.79 Å². The second kappa shape index (κ2) is 5.78. The van der Waals surface area contributed by atoms with Crippen molar-refractivity contribution in [3.05, 3.63) is 40.1 Å². The molecule has 0 bridgehead atoms. The molecule has 4 nitrogen and oxygen atoms in total. The number of thioether (sulfide) groups is 1. The Morgan fingerprint density at radius 1 is 1.53 bits per heavy atom. The number of aromatic carboxylic acids is 1. The van der Waals surface area contributed by atoms with Crippen molar-refractivity contribution in [2.75, 3.05) is 6.26 Å². The Labute approximate surface area is 118 Å². The highest BCUT2D eigenvalue weighted by molar-refractivity contribution is 7.98. The van der Waals surface area contributed by atoms with Gasteiger partial charge in [0.1, 0.15) is 28.0 Å². The number of benzene rings is 1. The van der Waals surface area contributed by atoms with Gasteiger partial charge in [0.15, 0.2) is 0 Å². The summed E-state index contributed by atoms with van der Waals surface area (Å²) < 4.78 is 5.58. The Bertz CT molecular complexity index is 658. The Hall–Kier alpha value is -1.97. The second-order valence-corrected chi connectivity index (χ2v) is 5.26. The van der Waals surface area contributed by atoms with E-state index >= 15 is 0 Å². The molecule has 2 aromatic rings. The Kier molecular flexibility index (Phi) is 4.10. The van der Waals surface area contributed by atoms with Crippen molar-refractivity contribution >= 4 is 29.1 Å². The molecule has 1 aromatic heterocycles. The normalized spacial score (nSPS) is 9.89. The fraction of sp³-hybridized carbons (Fsp3) is 0.0769. The SMILES string of the molecule is CSc1cccc(Oc2csc(C(=O)O)c2)c1C#N. The van der Waals surface area contributed by atoms with Gasteiger partial charge in [0.2, 0.25) is 0 Å². The molecule has 0 aliphatic rings. The number of rotatable bonds is 4. The molecular weight excluding hydrogens is 282 g/mol. The van der Waals surface area contributed by atoms with Crippen molar-refractivity contribution in [2.24, 2.45) is 0 Å². The molecule has 1 heterocycles. The van der Waals surface area contributed by atoms with Crippen molar-refractivity contribution in [1.29, 1.82) is 5.26 Å². The molecule has 0 atom stereocenters. The van der Waals surface area contributed by atoms with Crippen LogP contribution in [0.2, 0.25) is 0 Å². The lowest BCUT2D eigenvalue weighted by Crippen LogP contribution is -1.91. The molecule has 0 spiro atoms. The van der Waals surface area contributed by atoms with Crippen LogP contribution < -0.4 is 4.74 Å². The first-order chi connectivity index (χ1) is 9.15. The van der Waals surface area contributed by atoms with E-state index in [0.717, 1.165) is 16.2 Å². The lowest BCUT2D eigenvalue weighted by atomic mass is 10.2. The summed E-state index contributed by atoms with van der Waals surface area (Å²) in [7, 11) is 0. The van der Waals surface area contributed by atoms with E-state index in [1.54, 1.807) is 17.5 Å². The zero-order chi connectivity index (χ0) is 13.8. The van der Waals surface area contributed by atoms with Gasteiger partial charge < -0.3 is 9.84 Å². The van der Waals surface area contributed by atoms with E-state index in [1.165, 1.54) is 17.8 Å². The summed E-state index contributed by atoms with van der Waals surface area (Å²) in [4.78, 5) is 11.8. The zero-order valence-corrected chi connectivity index (χ0v) is 11.5. The number of thiophene rings is 1. The van der Waals surface area contributed by atoms with Gasteiger partial charge in [-0.3, -0.25) is 0 Å². The Morgan fingerprint density at radius 2 is 2.32 bits per heavy atom. The molecule has 0 radical (unpaired) electrons. The molecule has 19 heavy (non-hydrogen) atoms. The third-order valence-electron chi connectivity index (χ3n) is 2.33. The number of carbonyl (C=O) groups is 1. The van der Waals surface area contributed by atoms with E-state index < -0.39 is 5.97 Å². The predicted molar refractivity (Wildman–Crippen MR) is 74.3 cm³/mol. The lowest BCUT2D eigenvalue weighted by Gasteiger charge is -2.07. The Balaban J connectivity index is 2.33. The minimum atomic E-state index is -0.988. The standard InChI is InChI=1S/C13H9NO3S2/c1-18-11-4-2-3-10(9(11)6-14)17-8-5-12(13(15)16)19-7-8/h2-5,7H,1H3,(H,15,16). The summed E-state index contributed by atoms with van der Waals surface area (Å²) in [5.74, 6) is -0.125. The molecule has 0 saturated carbocycles. The molecule has 0 amide bonds. The van der Waals surface area contributed by atoms with Crippen LogP contribution in [0.3, 0.4) is 0 Å². The molecule has 1 N–H and O–H groups in total. The molecule has 0 saturated heterocycles. The minimum Gasteiger partial charge on any atom is -0.477 e. The fourth-order valence-electron chi connectivity index (χ4n) is 1.49. The van der Waals surface area contributed by atoms with Crippen LogP contribution in [0.5, 0.6) is 11.5 Å². The number of carboxylic acids is 1. The van der Waals surface area contributed by atoms with Gasteiger partial charge in [-0.05, 0) is 18.4 Å². The van der Waals surface area contributed by atoms with Crippen molar-refractivity contribution < 1.29 is 14.6 Å². The summed E-state index contributed by atoms with van der Waals surface area (Å²) in [5.41, 5.74) is 0.457. The molecule has 1 aromatic carbocycles. The van der Waals surface area contributed by atoms with Crippen molar-refractivity contribution in [3.8, 4) is 17.6 Å². The fourth-order valence-corrected chi connectivity index (χ4v) is 2.70. The monoisotopic (exact) mass is 291 g/mol. The van der Waals surface area contributed by atoms with Crippen LogP contribution in [-0.4, -0.2) is 17.3 Å². The van der Waals surface area contributed by atoms with E-state index in [-0.39, 0.29) is 4.88 Å². The first kappa shape index (κ1) is 13.5. The molecule has 96 valence electrons. The van der Waals surface area contributed by atoms with Crippen LogP contribution in [0, 0.1) is 11.3 Å². The zero-order valence-electron chi connectivity index (χ0n) is 9.91. The second-order valence-electron chi connectivity index (χ2n) is 3.50. The maximum absolute atomic E-state index is 10.8. The maximum Gasteiger partial charge on any atom is 0.346 e. The number of hydrogen-bond acceptors (Lipinski definition) is 5. The third kappa shape index (κ3) is 2.89. The lowest BCUT2D eigenvalue weighted by molar-refractivity contribution is 0.0702. The summed E-state index contributed by atoms with van der Waals surface area (Å²) in [5, 5.41) is 19.6. The predicted octanol–water partition coefficient (Wildman–Crippen LogP) is 3.83. The maximum atomic E-state index is 10.8. The van der Waals surface area contributed by atoms with Crippen molar-refractivity contribution in [1.82, 2.24) is 0 Å². The van der Waals surface area contributed by atoms with E-state index in [1.807, 2.05) is 12.3 Å². The average Bonchev–Trinajstić information content (AvgIpc) is 2.87. The summed E-state index contributed by atoms with van der Waals surface area (Å²) in [6.45, 7) is 0. The van der Waals surface area contributed by atoms with E-state index in [2.05, 4.69) is 6.07 Å². The van der Waals surface area contributed by atoms with Crippen LogP contribution in [0.4, 0.5) is 0 Å². The minimum absolute atomic E-state index is 0.203. The van der Waals surface area contributed by atoms with E-state index in [4.69, 9.17) is 15.1 Å². The van der Waals surface area contributed by atoms with Crippen molar-refractivity contribution in [2.45, 2.75) is 4.90 Å². The van der Waals surface area contributed by atoms with Gasteiger partial charge in [0.25, 0.3) is 0 Å². The molecule has 0 fully saturated rings. The molecule has 6 heteroatoms. The van der Waals surface area contributed by atoms with Gasteiger partial charge in [-0.15, -0.1) is 23.1 Å². The van der Waals surface area contributed by atoms with Crippen LogP contribution in [0.15, 0.2) is 34.5 Å². The van der Waals surface area contributed by atoms with Crippen LogP contribution in [0.25, 0.3) is 0 Å². The molecule has 0 aliphatic carbocycles. The van der Waals surface area contributed by atoms with Crippen LogP contribution >= 0.6 is 23.1 Å². The van der Waals surface area contributed by atoms with Gasteiger partial charge in [0.05, 0.1) is 0 Å². The average molecular weight is 291 g/mol. The summed E-state index contributed by atoms with van der Waals surface area (Å²) >= 11 is 2.55. The highest BCUT2D eigenvalue weighted by atomic mass is 32.2. The highest BCUT2D eigenvalue weighted by Gasteiger charge is 2.12. The van der Waals surface area contributed by atoms with Gasteiger partial charge in [-0.1, -0.05) is 6.07 Å². The number of nitrogens with zero attached hydrogens (tertiary/aromatic N) is 1. The quantitative estimate of drug-likeness (QED) is 0.867. The topological polar surface area (TPSA) is 70.3 Å². The summed E-state index contributed by atoms with van der Waals surface area (Å²) in [6.07, 6.45) is 1.88. The molecular formula is C13H9NO3S2. The number of nitriles is 1. The number of ether oxygens (including phenoxy) is 1. The van der Waals surface area contributed by atoms with Crippen LogP contribution in [0.1, 0.15) is 15.2 Å². The van der Waals surface area contributed by atoms with E-state index in [0.29, 0.717) is 17.1 Å². The Morgan fingerprint density at radius 3 is 2.89 bits per heavy atom. The highest BCUT2D eigenvalue weighted by Crippen LogP contribution is 2.33. The first-order valence-corrected chi connectivity index (χ1v) is 7.33.